The highest BCUT2D eigenvalue weighted by Gasteiger charge is 2.66. The number of hydrogen-bond donors (Lipinski definition) is 3. The zero-order valence-electron chi connectivity index (χ0n) is 27.1. The fraction of sp³-hybridized carbons (Fsp3) is 0.371. The summed E-state index contributed by atoms with van der Waals surface area (Å²) >= 11 is 0. The van der Waals surface area contributed by atoms with E-state index in [0.717, 1.165) is 16.8 Å². The van der Waals surface area contributed by atoms with E-state index >= 15 is 0 Å². The molecule has 1 spiro atoms. The van der Waals surface area contributed by atoms with Crippen molar-refractivity contribution in [3.63, 3.8) is 0 Å². The van der Waals surface area contributed by atoms with Gasteiger partial charge in [0.15, 0.2) is 13.9 Å². The molecule has 246 valence electrons. The number of benzene rings is 3. The molecule has 4 aromatic rings. The van der Waals surface area contributed by atoms with Crippen LogP contribution in [0.3, 0.4) is 0 Å². The van der Waals surface area contributed by atoms with Crippen LogP contribution in [0.2, 0.25) is 18.6 Å². The molecule has 2 amide bonds. The molecule has 1 saturated heterocycles. The minimum Gasteiger partial charge on any atom is -0.497 e. The number of hydrogen-bond acceptors (Lipinski definition) is 8. The van der Waals surface area contributed by atoms with Gasteiger partial charge in [-0.1, -0.05) is 42.5 Å². The molecular weight excluding hydrogens is 615 g/mol. The lowest BCUT2D eigenvalue weighted by atomic mass is 9.82. The van der Waals surface area contributed by atoms with Crippen LogP contribution in [0, 0.1) is 5.92 Å². The number of aliphatic hydroxyl groups excluding tert-OH is 1. The Kier molecular flexibility index (Phi) is 9.03. The fourth-order valence-corrected chi connectivity index (χ4v) is 9.82. The van der Waals surface area contributed by atoms with Crippen LogP contribution in [0.1, 0.15) is 40.5 Å². The molecule has 0 unspecified atom stereocenters. The third kappa shape index (κ3) is 6.21. The van der Waals surface area contributed by atoms with Gasteiger partial charge in [0.1, 0.15) is 5.75 Å². The van der Waals surface area contributed by atoms with E-state index in [2.05, 4.69) is 15.6 Å². The van der Waals surface area contributed by atoms with Crippen LogP contribution in [0.25, 0.3) is 0 Å². The molecule has 0 aliphatic carbocycles. The summed E-state index contributed by atoms with van der Waals surface area (Å²) in [5.41, 5.74) is 2.95. The number of carbonyl (C=O) groups is 2. The Morgan fingerprint density at radius 1 is 1.09 bits per heavy atom. The van der Waals surface area contributed by atoms with Gasteiger partial charge < -0.3 is 29.6 Å². The molecule has 6 rings (SSSR count). The Hall–Kier alpha value is -4.36. The quantitative estimate of drug-likeness (QED) is 0.201. The van der Waals surface area contributed by atoms with Crippen molar-refractivity contribution in [1.82, 2.24) is 15.0 Å². The number of ether oxygens (including phenoxy) is 2. The Balaban J connectivity index is 1.22. The molecule has 3 heterocycles. The molecular formula is C35H41N5O6Si. The minimum atomic E-state index is -2.80. The highest BCUT2D eigenvalue weighted by atomic mass is 28.4. The van der Waals surface area contributed by atoms with Gasteiger partial charge in [0.25, 0.3) is 11.8 Å². The molecule has 3 aromatic carbocycles. The summed E-state index contributed by atoms with van der Waals surface area (Å²) in [7, 11) is -1.22. The van der Waals surface area contributed by atoms with E-state index in [1.165, 1.54) is 0 Å². The number of amides is 2. The van der Waals surface area contributed by atoms with Crippen molar-refractivity contribution in [2.45, 2.75) is 63.2 Å². The predicted octanol–water partition coefficient (Wildman–Crippen LogP) is 4.51. The van der Waals surface area contributed by atoms with Crippen LogP contribution in [-0.2, 0) is 34.6 Å². The number of nitrogens with one attached hydrogen (secondary N) is 1. The summed E-state index contributed by atoms with van der Waals surface area (Å²) < 4.78 is 13.8. The number of aryl methyl sites for hydroxylation is 1. The molecule has 3 N–H and O–H groups in total. The number of methoxy groups -OCH3 is 1. The van der Waals surface area contributed by atoms with Crippen molar-refractivity contribution in [3.05, 3.63) is 101 Å². The SMILES string of the molecule is COc1ccc(C(=O)Nc2ccc(CN3C(=O)[C@@]4(O[C@@H](CCn5cc(CCO)nn5)[C@H]([Si](C)(C)O)[C@H]4C)c4ccccc43)cc2)cc1. The summed E-state index contributed by atoms with van der Waals surface area (Å²) in [6.45, 7) is 6.69. The molecule has 11 nitrogen and oxygen atoms in total. The van der Waals surface area contributed by atoms with Crippen LogP contribution in [0.4, 0.5) is 11.4 Å². The summed E-state index contributed by atoms with van der Waals surface area (Å²) in [5, 5.41) is 20.5. The molecule has 12 heteroatoms. The van der Waals surface area contributed by atoms with Crippen LogP contribution < -0.4 is 15.0 Å². The number of aliphatic hydroxyl groups is 1. The summed E-state index contributed by atoms with van der Waals surface area (Å²) in [6, 6.07) is 22.1. The lowest BCUT2D eigenvalue weighted by Gasteiger charge is -2.32. The fourth-order valence-electron chi connectivity index (χ4n) is 7.22. The van der Waals surface area contributed by atoms with Gasteiger partial charge in [-0.15, -0.1) is 5.10 Å². The first-order valence-electron chi connectivity index (χ1n) is 15.9. The van der Waals surface area contributed by atoms with Gasteiger partial charge >= 0.3 is 0 Å². The van der Waals surface area contributed by atoms with Crippen molar-refractivity contribution < 1.29 is 29.0 Å². The molecule has 0 bridgehead atoms. The van der Waals surface area contributed by atoms with E-state index < -0.39 is 13.9 Å². The van der Waals surface area contributed by atoms with Gasteiger partial charge in [-0.3, -0.25) is 14.3 Å². The number of carbonyl (C=O) groups excluding carboxylic acids is 2. The average molecular weight is 656 g/mol. The second-order valence-corrected chi connectivity index (χ2v) is 16.9. The van der Waals surface area contributed by atoms with E-state index in [-0.39, 0.29) is 36.0 Å². The third-order valence-corrected chi connectivity index (χ3v) is 11.9. The van der Waals surface area contributed by atoms with Gasteiger partial charge in [-0.25, -0.2) is 0 Å². The van der Waals surface area contributed by atoms with Gasteiger partial charge in [0.2, 0.25) is 0 Å². The second-order valence-electron chi connectivity index (χ2n) is 12.9. The predicted molar refractivity (Wildman–Crippen MR) is 180 cm³/mol. The molecule has 2 aliphatic heterocycles. The van der Waals surface area contributed by atoms with Crippen molar-refractivity contribution in [2.24, 2.45) is 5.92 Å². The highest BCUT2D eigenvalue weighted by molar-refractivity contribution is 6.71. The Morgan fingerprint density at radius 3 is 2.49 bits per heavy atom. The second kappa shape index (κ2) is 13.0. The molecule has 0 radical (unpaired) electrons. The summed E-state index contributed by atoms with van der Waals surface area (Å²) in [6.07, 6.45) is 2.43. The summed E-state index contributed by atoms with van der Waals surface area (Å²) in [5.74, 6) is 0.0395. The first-order valence-corrected chi connectivity index (χ1v) is 18.9. The maximum Gasteiger partial charge on any atom is 0.264 e. The van der Waals surface area contributed by atoms with E-state index in [4.69, 9.17) is 9.47 Å². The smallest absolute Gasteiger partial charge is 0.264 e. The van der Waals surface area contributed by atoms with Crippen LogP contribution >= 0.6 is 0 Å². The van der Waals surface area contributed by atoms with Crippen molar-refractivity contribution in [2.75, 3.05) is 23.9 Å². The van der Waals surface area contributed by atoms with Crippen molar-refractivity contribution in [3.8, 4) is 5.75 Å². The number of aromatic nitrogens is 3. The van der Waals surface area contributed by atoms with E-state index in [1.54, 1.807) is 41.0 Å². The first-order chi connectivity index (χ1) is 22.5. The van der Waals surface area contributed by atoms with E-state index in [1.807, 2.05) is 74.7 Å². The van der Waals surface area contributed by atoms with Crippen LogP contribution in [0.5, 0.6) is 5.75 Å². The largest absolute Gasteiger partial charge is 0.497 e. The van der Waals surface area contributed by atoms with Gasteiger partial charge in [0.05, 0.1) is 31.1 Å². The number of rotatable bonds is 11. The number of nitrogens with zero attached hydrogens (tertiary/aromatic N) is 4. The van der Waals surface area contributed by atoms with Crippen molar-refractivity contribution >= 4 is 31.5 Å². The van der Waals surface area contributed by atoms with Crippen LogP contribution in [0.15, 0.2) is 79.0 Å². The zero-order chi connectivity index (χ0) is 33.3. The normalized spacial score (nSPS) is 22.1. The van der Waals surface area contributed by atoms with Crippen LogP contribution in [-0.4, -0.2) is 64.8 Å². The standard InChI is InChI=1S/C35H41N5O6Si/c1-23-32(47(3,4)44)31(17-19-39-22-27(18-20-41)37-38-39)46-35(23)29-7-5-6-8-30(29)40(34(35)43)21-24-9-13-26(14-10-24)36-33(42)25-11-15-28(45-2)16-12-25/h5-16,22-23,31-32,41,44H,17-21H2,1-4H3,(H,36,42)/t23-,31+,32-,35+/m1/s1. The van der Waals surface area contributed by atoms with E-state index in [0.29, 0.717) is 48.6 Å². The Morgan fingerprint density at radius 2 is 1.81 bits per heavy atom. The molecule has 47 heavy (non-hydrogen) atoms. The highest BCUT2D eigenvalue weighted by Crippen LogP contribution is 2.59. The lowest BCUT2D eigenvalue weighted by Crippen LogP contribution is -2.46. The van der Waals surface area contributed by atoms with E-state index in [9.17, 15) is 19.5 Å². The Bertz CT molecular complexity index is 1740. The minimum absolute atomic E-state index is 0.000155. The number of anilines is 2. The Labute approximate surface area is 275 Å². The molecule has 1 fully saturated rings. The lowest BCUT2D eigenvalue weighted by molar-refractivity contribution is -0.146. The van der Waals surface area contributed by atoms with Gasteiger partial charge in [-0.2, -0.15) is 0 Å². The number of fused-ring (bicyclic) bond motifs is 2. The molecule has 4 atom stereocenters. The van der Waals surface area contributed by atoms with Gasteiger partial charge in [0, 0.05) is 54.0 Å². The van der Waals surface area contributed by atoms with Gasteiger partial charge in [-0.05, 0) is 67.5 Å². The van der Waals surface area contributed by atoms with Crippen molar-refractivity contribution in [1.29, 1.82) is 0 Å². The topological polar surface area (TPSA) is 139 Å². The molecule has 0 saturated carbocycles. The maximum atomic E-state index is 14.6. The maximum absolute atomic E-state index is 14.6. The monoisotopic (exact) mass is 655 g/mol. The molecule has 2 aliphatic rings. The molecule has 1 aromatic heterocycles. The third-order valence-electron chi connectivity index (χ3n) is 9.39. The first kappa shape index (κ1) is 32.6. The number of para-hydroxylation sites is 1. The zero-order valence-corrected chi connectivity index (χ0v) is 28.1. The average Bonchev–Trinajstić information content (AvgIpc) is 3.71. The summed E-state index contributed by atoms with van der Waals surface area (Å²) in [4.78, 5) is 40.7.